The van der Waals surface area contributed by atoms with Gasteiger partial charge in [0.1, 0.15) is 0 Å². The predicted molar refractivity (Wildman–Crippen MR) is 76.7 cm³/mol. The summed E-state index contributed by atoms with van der Waals surface area (Å²) in [4.78, 5) is 33.5. The van der Waals surface area contributed by atoms with E-state index in [2.05, 4.69) is 5.32 Å². The van der Waals surface area contributed by atoms with Crippen LogP contribution < -0.4 is 5.32 Å². The van der Waals surface area contributed by atoms with Crippen LogP contribution in [0.3, 0.4) is 0 Å². The van der Waals surface area contributed by atoms with Gasteiger partial charge in [-0.2, -0.15) is 0 Å². The molecule has 0 aliphatic rings. The molecule has 0 saturated carbocycles. The molecule has 9 nitrogen and oxygen atoms in total. The molecule has 0 amide bonds. The quantitative estimate of drug-likeness (QED) is 0.255. The third-order valence-electron chi connectivity index (χ3n) is 3.10. The minimum absolute atomic E-state index is 0.0455. The van der Waals surface area contributed by atoms with Gasteiger partial charge in [0, 0.05) is 38.8 Å². The molecule has 0 aromatic heterocycles. The zero-order chi connectivity index (χ0) is 17.0. The summed E-state index contributed by atoms with van der Waals surface area (Å²) in [5, 5.41) is 38.1. The SMILES string of the molecule is O=C(O)CCNCC(CCO)N(CCC(=O)O)CCC(=O)O. The predicted octanol–water partition coefficient (Wildman–Crippen LogP) is -0.947. The van der Waals surface area contributed by atoms with Gasteiger partial charge in [-0.3, -0.25) is 19.3 Å². The molecule has 0 fully saturated rings. The van der Waals surface area contributed by atoms with E-state index >= 15 is 0 Å². The Labute approximate surface area is 128 Å². The van der Waals surface area contributed by atoms with Crippen LogP contribution in [0, 0.1) is 0 Å². The first-order valence-corrected chi connectivity index (χ1v) is 7.07. The van der Waals surface area contributed by atoms with E-state index in [9.17, 15) is 14.4 Å². The molecule has 0 heterocycles. The number of nitrogens with one attached hydrogen (secondary N) is 1. The second-order valence-corrected chi connectivity index (χ2v) is 4.84. The summed E-state index contributed by atoms with van der Waals surface area (Å²) >= 11 is 0. The summed E-state index contributed by atoms with van der Waals surface area (Å²) in [6.45, 7) is 0.833. The molecule has 128 valence electrons. The fourth-order valence-corrected chi connectivity index (χ4v) is 1.98. The van der Waals surface area contributed by atoms with Gasteiger partial charge in [-0.05, 0) is 6.42 Å². The van der Waals surface area contributed by atoms with Crippen molar-refractivity contribution >= 4 is 17.9 Å². The molecule has 9 heteroatoms. The van der Waals surface area contributed by atoms with Crippen LogP contribution in [0.25, 0.3) is 0 Å². The van der Waals surface area contributed by atoms with E-state index in [1.54, 1.807) is 4.90 Å². The number of hydrogen-bond donors (Lipinski definition) is 5. The third kappa shape index (κ3) is 11.0. The average molecular weight is 320 g/mol. The van der Waals surface area contributed by atoms with Crippen LogP contribution in [-0.2, 0) is 14.4 Å². The highest BCUT2D eigenvalue weighted by atomic mass is 16.4. The number of hydrogen-bond acceptors (Lipinski definition) is 6. The highest BCUT2D eigenvalue weighted by molar-refractivity contribution is 5.67. The van der Waals surface area contributed by atoms with E-state index < -0.39 is 17.9 Å². The summed E-state index contributed by atoms with van der Waals surface area (Å²) < 4.78 is 0. The highest BCUT2D eigenvalue weighted by Gasteiger charge is 2.19. The fourth-order valence-electron chi connectivity index (χ4n) is 1.98. The van der Waals surface area contributed by atoms with Crippen LogP contribution in [-0.4, -0.2) is 82.1 Å². The lowest BCUT2D eigenvalue weighted by Crippen LogP contribution is -2.45. The molecule has 0 radical (unpaired) electrons. The van der Waals surface area contributed by atoms with Crippen molar-refractivity contribution in [2.45, 2.75) is 31.7 Å². The van der Waals surface area contributed by atoms with Crippen molar-refractivity contribution in [1.29, 1.82) is 0 Å². The smallest absolute Gasteiger partial charge is 0.304 e. The molecular weight excluding hydrogens is 296 g/mol. The number of aliphatic hydroxyl groups is 1. The molecule has 5 N–H and O–H groups in total. The summed E-state index contributed by atoms with van der Waals surface area (Å²) in [5.74, 6) is -2.90. The molecule has 0 aromatic carbocycles. The molecule has 0 bridgehead atoms. The van der Waals surface area contributed by atoms with E-state index in [1.807, 2.05) is 0 Å². The molecule has 0 spiro atoms. The maximum atomic E-state index is 10.7. The molecule has 22 heavy (non-hydrogen) atoms. The van der Waals surface area contributed by atoms with E-state index in [4.69, 9.17) is 20.4 Å². The maximum Gasteiger partial charge on any atom is 0.304 e. The first-order valence-electron chi connectivity index (χ1n) is 7.07. The van der Waals surface area contributed by atoms with Gasteiger partial charge < -0.3 is 25.7 Å². The van der Waals surface area contributed by atoms with Crippen LogP contribution in [0.4, 0.5) is 0 Å². The van der Waals surface area contributed by atoms with Crippen LogP contribution in [0.15, 0.2) is 0 Å². The lowest BCUT2D eigenvalue weighted by atomic mass is 10.1. The summed E-state index contributed by atoms with van der Waals surface area (Å²) in [6, 6.07) is -0.252. The van der Waals surface area contributed by atoms with Crippen molar-refractivity contribution in [2.75, 3.05) is 32.8 Å². The van der Waals surface area contributed by atoms with Crippen molar-refractivity contribution in [3.05, 3.63) is 0 Å². The van der Waals surface area contributed by atoms with Crippen molar-refractivity contribution in [3.8, 4) is 0 Å². The number of aliphatic carboxylic acids is 3. The van der Waals surface area contributed by atoms with Crippen LogP contribution in [0.1, 0.15) is 25.7 Å². The molecule has 0 saturated heterocycles. The Morgan fingerprint density at radius 1 is 0.909 bits per heavy atom. The molecule has 0 aliphatic carbocycles. The Kier molecular flexibility index (Phi) is 11.0. The van der Waals surface area contributed by atoms with Gasteiger partial charge in [-0.1, -0.05) is 0 Å². The second-order valence-electron chi connectivity index (χ2n) is 4.84. The summed E-state index contributed by atoms with van der Waals surface area (Å²) in [7, 11) is 0. The summed E-state index contributed by atoms with van der Waals surface area (Å²) in [5.41, 5.74) is 0. The van der Waals surface area contributed by atoms with E-state index in [0.29, 0.717) is 13.0 Å². The Bertz CT molecular complexity index is 344. The largest absolute Gasteiger partial charge is 0.481 e. The number of carboxylic acids is 3. The molecule has 0 aliphatic heterocycles. The number of rotatable bonds is 14. The Hall–Kier alpha value is -1.71. The van der Waals surface area contributed by atoms with Crippen molar-refractivity contribution in [3.63, 3.8) is 0 Å². The first kappa shape index (κ1) is 20.3. The van der Waals surface area contributed by atoms with Gasteiger partial charge in [0.2, 0.25) is 0 Å². The number of aliphatic hydroxyl groups excluding tert-OH is 1. The number of carbonyl (C=O) groups is 3. The van der Waals surface area contributed by atoms with Gasteiger partial charge in [0.25, 0.3) is 0 Å². The van der Waals surface area contributed by atoms with Gasteiger partial charge in [-0.25, -0.2) is 0 Å². The minimum Gasteiger partial charge on any atom is -0.481 e. The van der Waals surface area contributed by atoms with Gasteiger partial charge in [0.05, 0.1) is 19.3 Å². The topological polar surface area (TPSA) is 147 Å². The molecular formula is C13H24N2O7. The van der Waals surface area contributed by atoms with Crippen LogP contribution in [0.2, 0.25) is 0 Å². The zero-order valence-corrected chi connectivity index (χ0v) is 12.4. The van der Waals surface area contributed by atoms with Crippen LogP contribution >= 0.6 is 0 Å². The Balaban J connectivity index is 4.53. The molecule has 0 rings (SSSR count). The Morgan fingerprint density at radius 2 is 1.41 bits per heavy atom. The standard InChI is InChI=1S/C13H24N2O7/c16-8-4-10(9-14-5-1-11(17)18)15(6-2-12(19)20)7-3-13(21)22/h10,14,16H,1-9H2,(H,17,18)(H,19,20)(H,21,22). The summed E-state index contributed by atoms with van der Waals surface area (Å²) in [6.07, 6.45) is 0.0444. The molecule has 1 unspecified atom stereocenters. The average Bonchev–Trinajstić information content (AvgIpc) is 2.42. The van der Waals surface area contributed by atoms with Crippen molar-refractivity contribution in [1.82, 2.24) is 10.2 Å². The van der Waals surface area contributed by atoms with Crippen molar-refractivity contribution < 1.29 is 34.8 Å². The van der Waals surface area contributed by atoms with E-state index in [1.165, 1.54) is 0 Å². The van der Waals surface area contributed by atoms with Crippen molar-refractivity contribution in [2.24, 2.45) is 0 Å². The zero-order valence-electron chi connectivity index (χ0n) is 12.4. The maximum absolute atomic E-state index is 10.7. The second kappa shape index (κ2) is 11.9. The van der Waals surface area contributed by atoms with Gasteiger partial charge in [-0.15, -0.1) is 0 Å². The van der Waals surface area contributed by atoms with Gasteiger partial charge >= 0.3 is 17.9 Å². The van der Waals surface area contributed by atoms with Gasteiger partial charge in [0.15, 0.2) is 0 Å². The molecule has 1 atom stereocenters. The third-order valence-corrected chi connectivity index (χ3v) is 3.10. The van der Waals surface area contributed by atoms with E-state index in [0.717, 1.165) is 0 Å². The normalized spacial score (nSPS) is 12.3. The monoisotopic (exact) mass is 320 g/mol. The molecule has 0 aromatic rings. The first-order chi connectivity index (χ1) is 10.4. The number of nitrogens with zero attached hydrogens (tertiary/aromatic N) is 1. The Morgan fingerprint density at radius 3 is 1.82 bits per heavy atom. The fraction of sp³-hybridized carbons (Fsp3) is 0.769. The lowest BCUT2D eigenvalue weighted by molar-refractivity contribution is -0.138. The minimum atomic E-state index is -0.984. The highest BCUT2D eigenvalue weighted by Crippen LogP contribution is 2.06. The lowest BCUT2D eigenvalue weighted by Gasteiger charge is -2.31. The number of carboxylic acid groups (broad SMARTS) is 3. The van der Waals surface area contributed by atoms with Crippen LogP contribution in [0.5, 0.6) is 0 Å². The van der Waals surface area contributed by atoms with E-state index in [-0.39, 0.29) is 51.5 Å².